The average molecular weight is 312 g/mol. The van der Waals surface area contributed by atoms with Crippen molar-refractivity contribution < 1.29 is 4.42 Å². The van der Waals surface area contributed by atoms with Gasteiger partial charge in [0, 0.05) is 0 Å². The van der Waals surface area contributed by atoms with Gasteiger partial charge in [-0.15, -0.1) is 10.2 Å². The lowest BCUT2D eigenvalue weighted by Crippen LogP contribution is -2.50. The van der Waals surface area contributed by atoms with Gasteiger partial charge in [-0.1, -0.05) is 30.3 Å². The van der Waals surface area contributed by atoms with Crippen LogP contribution >= 0.6 is 0 Å². The molecule has 2 N–H and O–H groups in total. The molecular weight excluding hydrogens is 288 g/mol. The lowest BCUT2D eigenvalue weighted by atomic mass is 9.72. The Balaban J connectivity index is 1.57. The minimum atomic E-state index is -0.640. The number of hydrogen-bond donors (Lipinski definition) is 1. The van der Waals surface area contributed by atoms with Crippen LogP contribution < -0.4 is 5.73 Å². The Kier molecular flexibility index (Phi) is 3.50. The first-order valence-electron chi connectivity index (χ1n) is 8.47. The van der Waals surface area contributed by atoms with Gasteiger partial charge in [-0.2, -0.15) is 0 Å². The van der Waals surface area contributed by atoms with E-state index in [1.54, 1.807) is 0 Å². The summed E-state index contributed by atoms with van der Waals surface area (Å²) < 4.78 is 6.11. The van der Waals surface area contributed by atoms with E-state index in [2.05, 4.69) is 27.2 Å². The number of nitrogens with two attached hydrogens (primary N) is 1. The highest BCUT2D eigenvalue weighted by molar-refractivity contribution is 5.19. The SMILES string of the molecule is C[C@@](N)(Cc1ccccc1)c1nnc(C23CCN(CC2)CC3)o1. The van der Waals surface area contributed by atoms with Gasteiger partial charge in [-0.25, -0.2) is 0 Å². The fourth-order valence-corrected chi connectivity index (χ4v) is 3.91. The molecule has 1 atom stereocenters. The normalized spacial score (nSPS) is 29.4. The second-order valence-electron chi connectivity index (χ2n) is 7.36. The summed E-state index contributed by atoms with van der Waals surface area (Å²) in [6.07, 6.45) is 4.05. The van der Waals surface area contributed by atoms with Crippen molar-refractivity contribution in [1.29, 1.82) is 0 Å². The van der Waals surface area contributed by atoms with Crippen LogP contribution in [0.25, 0.3) is 0 Å². The van der Waals surface area contributed by atoms with E-state index in [1.807, 2.05) is 25.1 Å². The maximum Gasteiger partial charge on any atom is 0.236 e. The number of nitrogens with zero attached hydrogens (tertiary/aromatic N) is 3. The maximum atomic E-state index is 6.50. The zero-order chi connectivity index (χ0) is 15.9. The number of piperidine rings is 3. The first kappa shape index (κ1) is 14.8. The molecule has 0 amide bonds. The van der Waals surface area contributed by atoms with E-state index in [9.17, 15) is 0 Å². The average Bonchev–Trinajstić information content (AvgIpc) is 3.09. The van der Waals surface area contributed by atoms with Crippen molar-refractivity contribution in [1.82, 2.24) is 15.1 Å². The third-order valence-electron chi connectivity index (χ3n) is 5.50. The molecule has 3 aliphatic heterocycles. The van der Waals surface area contributed by atoms with Crippen molar-refractivity contribution in [2.45, 2.75) is 43.6 Å². The van der Waals surface area contributed by atoms with Gasteiger partial charge in [0.25, 0.3) is 0 Å². The molecule has 0 radical (unpaired) electrons. The zero-order valence-electron chi connectivity index (χ0n) is 13.7. The van der Waals surface area contributed by atoms with E-state index in [4.69, 9.17) is 10.2 Å². The Morgan fingerprint density at radius 2 is 1.78 bits per heavy atom. The van der Waals surface area contributed by atoms with Crippen LogP contribution in [0.3, 0.4) is 0 Å². The van der Waals surface area contributed by atoms with Crippen LogP contribution in [0.4, 0.5) is 0 Å². The summed E-state index contributed by atoms with van der Waals surface area (Å²) in [5.41, 5.74) is 7.13. The zero-order valence-corrected chi connectivity index (χ0v) is 13.7. The van der Waals surface area contributed by atoms with E-state index in [0.717, 1.165) is 44.8 Å². The second kappa shape index (κ2) is 5.42. The first-order valence-corrected chi connectivity index (χ1v) is 8.47. The van der Waals surface area contributed by atoms with Crippen LogP contribution in [0.5, 0.6) is 0 Å². The van der Waals surface area contributed by atoms with Crippen molar-refractivity contribution in [2.75, 3.05) is 19.6 Å². The quantitative estimate of drug-likeness (QED) is 0.937. The fraction of sp³-hybridized carbons (Fsp3) is 0.556. The van der Waals surface area contributed by atoms with Gasteiger partial charge < -0.3 is 15.1 Å². The Hall–Kier alpha value is -1.72. The highest BCUT2D eigenvalue weighted by atomic mass is 16.4. The van der Waals surface area contributed by atoms with Crippen molar-refractivity contribution in [3.05, 3.63) is 47.7 Å². The standard InChI is InChI=1S/C18H24N4O/c1-17(19,13-14-5-3-2-4-6-14)15-20-21-16(23-15)18-7-10-22(11-8-18)12-9-18/h2-6H,7-13,19H2,1H3/t17-/m1/s1. The van der Waals surface area contributed by atoms with Crippen LogP contribution in [0.2, 0.25) is 0 Å². The summed E-state index contributed by atoms with van der Waals surface area (Å²) in [7, 11) is 0. The molecule has 5 heteroatoms. The summed E-state index contributed by atoms with van der Waals surface area (Å²) in [4.78, 5) is 2.52. The van der Waals surface area contributed by atoms with Gasteiger partial charge in [0.2, 0.25) is 11.8 Å². The second-order valence-corrected chi connectivity index (χ2v) is 7.36. The molecule has 3 aliphatic rings. The third-order valence-corrected chi connectivity index (χ3v) is 5.50. The van der Waals surface area contributed by atoms with E-state index < -0.39 is 5.54 Å². The maximum absolute atomic E-state index is 6.50. The fourth-order valence-electron chi connectivity index (χ4n) is 3.91. The monoisotopic (exact) mass is 312 g/mol. The van der Waals surface area contributed by atoms with Crippen LogP contribution in [-0.4, -0.2) is 34.7 Å². The molecule has 2 aromatic rings. The molecule has 0 aliphatic carbocycles. The number of aromatic nitrogens is 2. The Bertz CT molecular complexity index is 658. The van der Waals surface area contributed by atoms with Crippen molar-refractivity contribution >= 4 is 0 Å². The van der Waals surface area contributed by atoms with E-state index in [0.29, 0.717) is 12.3 Å². The van der Waals surface area contributed by atoms with E-state index in [-0.39, 0.29) is 5.41 Å². The number of benzene rings is 1. The van der Waals surface area contributed by atoms with Gasteiger partial charge in [0.1, 0.15) is 0 Å². The van der Waals surface area contributed by atoms with Gasteiger partial charge in [-0.3, -0.25) is 0 Å². The van der Waals surface area contributed by atoms with Gasteiger partial charge in [-0.05, 0) is 57.8 Å². The molecular formula is C18H24N4O. The third kappa shape index (κ3) is 2.68. The lowest BCUT2D eigenvalue weighted by Gasteiger charge is -2.46. The molecule has 23 heavy (non-hydrogen) atoms. The number of rotatable bonds is 4. The molecule has 0 unspecified atom stereocenters. The topological polar surface area (TPSA) is 68.2 Å². The van der Waals surface area contributed by atoms with Crippen LogP contribution in [0, 0.1) is 0 Å². The predicted molar refractivity (Wildman–Crippen MR) is 88.0 cm³/mol. The molecule has 4 heterocycles. The lowest BCUT2D eigenvalue weighted by molar-refractivity contribution is 0.0622. The summed E-state index contributed by atoms with van der Waals surface area (Å²) >= 11 is 0. The molecule has 1 aromatic heterocycles. The smallest absolute Gasteiger partial charge is 0.236 e. The highest BCUT2D eigenvalue weighted by Crippen LogP contribution is 2.42. The summed E-state index contributed by atoms with van der Waals surface area (Å²) in [5.74, 6) is 1.36. The minimum absolute atomic E-state index is 0.0861. The first-order chi connectivity index (χ1) is 11.1. The van der Waals surface area contributed by atoms with E-state index >= 15 is 0 Å². The Labute approximate surface area is 136 Å². The molecule has 0 spiro atoms. The summed E-state index contributed by atoms with van der Waals surface area (Å²) in [5, 5.41) is 8.71. The Morgan fingerprint density at radius 1 is 1.13 bits per heavy atom. The van der Waals surface area contributed by atoms with Crippen molar-refractivity contribution in [2.24, 2.45) is 5.73 Å². The van der Waals surface area contributed by atoms with E-state index in [1.165, 1.54) is 5.56 Å². The molecule has 1 aromatic carbocycles. The number of hydrogen-bond acceptors (Lipinski definition) is 5. The van der Waals surface area contributed by atoms with Crippen molar-refractivity contribution in [3.8, 4) is 0 Å². The summed E-state index contributed by atoms with van der Waals surface area (Å²) in [6.45, 7) is 5.39. The number of fused-ring (bicyclic) bond motifs is 3. The highest BCUT2D eigenvalue weighted by Gasteiger charge is 2.45. The van der Waals surface area contributed by atoms with Gasteiger partial charge in [0.15, 0.2) is 0 Å². The largest absolute Gasteiger partial charge is 0.423 e. The molecule has 3 fully saturated rings. The molecule has 0 saturated carbocycles. The van der Waals surface area contributed by atoms with Gasteiger partial charge >= 0.3 is 0 Å². The molecule has 3 saturated heterocycles. The Morgan fingerprint density at radius 3 is 2.43 bits per heavy atom. The molecule has 5 nitrogen and oxygen atoms in total. The minimum Gasteiger partial charge on any atom is -0.423 e. The van der Waals surface area contributed by atoms with Crippen LogP contribution in [0.15, 0.2) is 34.7 Å². The molecule has 5 rings (SSSR count). The predicted octanol–water partition coefficient (Wildman–Crippen LogP) is 2.22. The summed E-state index contributed by atoms with van der Waals surface area (Å²) in [6, 6.07) is 10.2. The van der Waals surface area contributed by atoms with Gasteiger partial charge in [0.05, 0.1) is 11.0 Å². The molecule has 2 bridgehead atoms. The molecule has 122 valence electrons. The van der Waals surface area contributed by atoms with Crippen molar-refractivity contribution in [3.63, 3.8) is 0 Å². The van der Waals surface area contributed by atoms with Crippen LogP contribution in [-0.2, 0) is 17.4 Å². The van der Waals surface area contributed by atoms with Crippen LogP contribution in [0.1, 0.15) is 43.5 Å².